The Labute approximate surface area is 177 Å². The van der Waals surface area contributed by atoms with E-state index in [1.165, 1.54) is 46.6 Å². The van der Waals surface area contributed by atoms with Gasteiger partial charge in [-0.25, -0.2) is 0 Å². The van der Waals surface area contributed by atoms with E-state index in [4.69, 9.17) is 19.2 Å². The maximum atomic E-state index is 8.77. The van der Waals surface area contributed by atoms with Crippen LogP contribution in [0.3, 0.4) is 0 Å². The van der Waals surface area contributed by atoms with Gasteiger partial charge in [-0.2, -0.15) is 0 Å². The molecule has 23 heavy (non-hydrogen) atoms. The molecule has 0 saturated heterocycles. The monoisotopic (exact) mass is 359 g/mol. The number of nitrogens with one attached hydrogen (secondary N) is 1. The van der Waals surface area contributed by atoms with Crippen molar-refractivity contribution in [3.05, 3.63) is 48.0 Å². The minimum Gasteiger partial charge on any atom is -0.756 e. The second-order valence-corrected chi connectivity index (χ2v) is 6.09. The molecule has 1 aromatic heterocycles. The molecule has 0 fully saturated rings. The Balaban J connectivity index is 0.000000390. The van der Waals surface area contributed by atoms with E-state index in [0.717, 1.165) is 0 Å². The van der Waals surface area contributed by atoms with Crippen LogP contribution in [0.5, 0.6) is 0 Å². The fourth-order valence-corrected chi connectivity index (χ4v) is 2.51. The largest absolute Gasteiger partial charge is 1.00 e. The first-order valence-electron chi connectivity index (χ1n) is 7.15. The van der Waals surface area contributed by atoms with Gasteiger partial charge in [0.05, 0.1) is 0 Å². The number of aromatic nitrogens is 1. The maximum Gasteiger partial charge on any atom is 1.00 e. The first-order chi connectivity index (χ1) is 10.4. The molecule has 7 heteroatoms. The summed E-state index contributed by atoms with van der Waals surface area (Å²) in [6.07, 6.45) is 3.67. The Morgan fingerprint density at radius 3 is 2.35 bits per heavy atom. The molecule has 0 aliphatic heterocycles. The van der Waals surface area contributed by atoms with Gasteiger partial charge in [-0.15, -0.1) is 0 Å². The number of aryl methyl sites for hydroxylation is 1. The molecule has 118 valence electrons. The van der Waals surface area contributed by atoms with Crippen molar-refractivity contribution in [2.24, 2.45) is 0 Å². The van der Waals surface area contributed by atoms with Crippen LogP contribution < -0.4 is 56.3 Å². The molecule has 3 rings (SSSR count). The quantitative estimate of drug-likeness (QED) is 0.457. The Kier molecular flexibility index (Phi) is 8.65. The number of unbranched alkanes of at least 4 members (excludes halogenated alkanes) is 1. The van der Waals surface area contributed by atoms with E-state index in [1.807, 2.05) is 0 Å². The zero-order valence-electron chi connectivity index (χ0n) is 13.3. The van der Waals surface area contributed by atoms with Gasteiger partial charge in [0.25, 0.3) is 7.82 Å². The molecule has 5 nitrogen and oxygen atoms in total. The number of benzene rings is 2. The Hall–Kier alpha value is -0.0136. The molecule has 0 radical (unpaired) electrons. The zero-order valence-corrected chi connectivity index (χ0v) is 17.3. The topological polar surface area (TPSA) is 96.4 Å². The average molecular weight is 359 g/mol. The smallest absolute Gasteiger partial charge is 0.756 e. The van der Waals surface area contributed by atoms with E-state index < -0.39 is 7.82 Å². The summed E-state index contributed by atoms with van der Waals surface area (Å²) in [6, 6.07) is 15.2. The molecule has 0 atom stereocenters. The van der Waals surface area contributed by atoms with Crippen LogP contribution in [0.25, 0.3) is 21.8 Å². The minimum absolute atomic E-state index is 0. The second-order valence-electron chi connectivity index (χ2n) is 5.10. The van der Waals surface area contributed by atoms with Gasteiger partial charge in [-0.3, -0.25) is 4.57 Å². The number of rotatable bonds is 3. The fraction of sp³-hybridized carbons (Fsp3) is 0.250. The third-order valence-corrected chi connectivity index (χ3v) is 3.43. The summed E-state index contributed by atoms with van der Waals surface area (Å²) in [6.45, 7) is 2.24. The van der Waals surface area contributed by atoms with Crippen LogP contribution in [-0.2, 0) is 11.0 Å². The van der Waals surface area contributed by atoms with Crippen molar-refractivity contribution in [2.45, 2.75) is 26.2 Å². The molecular formula is C16H19KNO4P. The van der Waals surface area contributed by atoms with Crippen molar-refractivity contribution in [1.82, 2.24) is 4.98 Å². The van der Waals surface area contributed by atoms with Crippen LogP contribution in [0, 0.1) is 0 Å². The van der Waals surface area contributed by atoms with Crippen molar-refractivity contribution in [3.63, 3.8) is 0 Å². The number of aromatic amines is 1. The molecule has 0 bridgehead atoms. The van der Waals surface area contributed by atoms with Crippen molar-refractivity contribution < 1.29 is 70.6 Å². The summed E-state index contributed by atoms with van der Waals surface area (Å²) >= 11 is 0. The van der Waals surface area contributed by atoms with Gasteiger partial charge in [-0.05, 0) is 24.5 Å². The predicted molar refractivity (Wildman–Crippen MR) is 86.5 cm³/mol. The molecule has 2 aromatic carbocycles. The summed E-state index contributed by atoms with van der Waals surface area (Å²) in [5, 5.41) is 2.69. The Morgan fingerprint density at radius 2 is 1.70 bits per heavy atom. The number of phosphoric acid groups is 1. The van der Waals surface area contributed by atoms with Crippen LogP contribution in [0.15, 0.2) is 42.5 Å². The van der Waals surface area contributed by atoms with Crippen LogP contribution in [0.2, 0.25) is 0 Å². The van der Waals surface area contributed by atoms with Crippen molar-refractivity contribution in [1.29, 1.82) is 0 Å². The van der Waals surface area contributed by atoms with E-state index in [1.54, 1.807) is 0 Å². The van der Waals surface area contributed by atoms with Gasteiger partial charge in [-0.1, -0.05) is 49.7 Å². The van der Waals surface area contributed by atoms with Crippen molar-refractivity contribution >= 4 is 29.6 Å². The summed E-state index contributed by atoms with van der Waals surface area (Å²) in [4.78, 5) is 26.5. The first kappa shape index (κ1) is 21.0. The SMILES string of the molecule is CCCCc1cccc2c1[nH]c1ccccc12.O=P([O-])(O)O.[K+]. The summed E-state index contributed by atoms with van der Waals surface area (Å²) in [5.41, 5.74) is 4.01. The number of hydrogen-bond donors (Lipinski definition) is 3. The predicted octanol–water partition coefficient (Wildman–Crippen LogP) is 0.107. The molecule has 3 aromatic rings. The van der Waals surface area contributed by atoms with E-state index in [9.17, 15) is 0 Å². The van der Waals surface area contributed by atoms with Crippen LogP contribution >= 0.6 is 7.82 Å². The third-order valence-electron chi connectivity index (χ3n) is 3.43. The molecule has 0 saturated carbocycles. The number of hydrogen-bond acceptors (Lipinski definition) is 2. The van der Waals surface area contributed by atoms with Crippen LogP contribution in [0.4, 0.5) is 0 Å². The van der Waals surface area contributed by atoms with Crippen LogP contribution in [0.1, 0.15) is 25.3 Å². The zero-order chi connectivity index (χ0) is 16.2. The second kappa shape index (κ2) is 9.46. The molecule has 1 heterocycles. The number of para-hydroxylation sites is 2. The fourth-order valence-electron chi connectivity index (χ4n) is 2.51. The van der Waals surface area contributed by atoms with Gasteiger partial charge in [0.1, 0.15) is 0 Å². The standard InChI is InChI=1S/C16H17N.K.H3O4P/c1-2-3-7-12-8-6-10-14-13-9-4-5-11-15(13)17-16(12)14;;1-5(2,3)4/h4-6,8-11,17H,2-3,7H2,1H3;;(H3,1,2,3,4)/q;+1;/p-1. The molecule has 3 N–H and O–H groups in total. The maximum absolute atomic E-state index is 8.77. The molecule has 0 spiro atoms. The van der Waals surface area contributed by atoms with Gasteiger partial charge in [0, 0.05) is 21.8 Å². The van der Waals surface area contributed by atoms with Crippen molar-refractivity contribution in [3.8, 4) is 0 Å². The molecular weight excluding hydrogens is 340 g/mol. The molecule has 0 aliphatic rings. The minimum atomic E-state index is -4.89. The van der Waals surface area contributed by atoms with Crippen LogP contribution in [-0.4, -0.2) is 14.8 Å². The van der Waals surface area contributed by atoms with Gasteiger partial charge < -0.3 is 19.7 Å². The van der Waals surface area contributed by atoms with E-state index in [2.05, 4.69) is 54.4 Å². The summed E-state index contributed by atoms with van der Waals surface area (Å²) in [5.74, 6) is 0. The Bertz CT molecular complexity index is 804. The average Bonchev–Trinajstić information content (AvgIpc) is 2.82. The van der Waals surface area contributed by atoms with Gasteiger partial charge in [0.2, 0.25) is 0 Å². The summed E-state index contributed by atoms with van der Waals surface area (Å²) in [7, 11) is -4.89. The van der Waals surface area contributed by atoms with Gasteiger partial charge >= 0.3 is 51.4 Å². The molecule has 0 aliphatic carbocycles. The first-order valence-corrected chi connectivity index (χ1v) is 8.68. The summed E-state index contributed by atoms with van der Waals surface area (Å²) < 4.78 is 8.77. The third kappa shape index (κ3) is 6.42. The van der Waals surface area contributed by atoms with Crippen molar-refractivity contribution in [2.75, 3.05) is 0 Å². The Morgan fingerprint density at radius 1 is 1.09 bits per heavy atom. The number of fused-ring (bicyclic) bond motifs is 3. The van der Waals surface area contributed by atoms with E-state index >= 15 is 0 Å². The van der Waals surface area contributed by atoms with E-state index in [-0.39, 0.29) is 51.4 Å². The van der Waals surface area contributed by atoms with E-state index in [0.29, 0.717) is 0 Å². The number of H-pyrrole nitrogens is 1. The van der Waals surface area contributed by atoms with Gasteiger partial charge in [0.15, 0.2) is 0 Å². The molecule has 0 unspecified atom stereocenters. The molecule has 0 amide bonds. The normalized spacial score (nSPS) is 11.0.